The van der Waals surface area contributed by atoms with E-state index in [1.807, 2.05) is 12.1 Å². The zero-order valence-corrected chi connectivity index (χ0v) is 22.1. The number of ether oxygens (including phenoxy) is 3. The van der Waals surface area contributed by atoms with Gasteiger partial charge in [-0.25, -0.2) is 0 Å². The lowest BCUT2D eigenvalue weighted by molar-refractivity contribution is -0.123. The molecule has 41 heavy (non-hydrogen) atoms. The highest BCUT2D eigenvalue weighted by Crippen LogP contribution is 2.31. The van der Waals surface area contributed by atoms with Gasteiger partial charge in [0.1, 0.15) is 29.0 Å². The molecule has 2 aromatic carbocycles. The number of fused-ring (bicyclic) bond motifs is 7. The molecule has 4 heterocycles. The van der Waals surface area contributed by atoms with Crippen LogP contribution >= 0.6 is 0 Å². The first-order valence-electron chi connectivity index (χ1n) is 13.5. The van der Waals surface area contributed by atoms with Crippen LogP contribution in [0.15, 0.2) is 59.7 Å². The van der Waals surface area contributed by atoms with Crippen LogP contribution < -0.4 is 30.4 Å². The van der Waals surface area contributed by atoms with Gasteiger partial charge in [0.25, 0.3) is 23.3 Å². The average Bonchev–Trinajstić information content (AvgIpc) is 3.73. The number of hydrogen-bond acceptors (Lipinski definition) is 8. The fourth-order valence-electron chi connectivity index (χ4n) is 4.73. The van der Waals surface area contributed by atoms with E-state index in [0.29, 0.717) is 36.3 Å². The number of benzene rings is 2. The Kier molecular flexibility index (Phi) is 7.28. The van der Waals surface area contributed by atoms with Crippen LogP contribution in [-0.4, -0.2) is 71.0 Å². The first-order chi connectivity index (χ1) is 19.9. The molecule has 1 aliphatic carbocycles. The minimum atomic E-state index is -0.586. The number of aromatic amines is 1. The van der Waals surface area contributed by atoms with Crippen LogP contribution in [0.3, 0.4) is 0 Å². The number of carbonyl (C=O) groups is 3. The Morgan fingerprint density at radius 3 is 2.63 bits per heavy atom. The number of amides is 3. The van der Waals surface area contributed by atoms with E-state index in [-0.39, 0.29) is 36.9 Å². The van der Waals surface area contributed by atoms with E-state index in [1.54, 1.807) is 30.3 Å². The monoisotopic (exact) mass is 559 g/mol. The Balaban J connectivity index is 1.29. The molecule has 3 aromatic rings. The minimum absolute atomic E-state index is 0.0476. The van der Waals surface area contributed by atoms with Crippen molar-refractivity contribution in [2.24, 2.45) is 5.92 Å². The lowest BCUT2D eigenvalue weighted by Gasteiger charge is -2.21. The van der Waals surface area contributed by atoms with Crippen LogP contribution in [0.1, 0.15) is 39.3 Å². The van der Waals surface area contributed by atoms with E-state index in [1.165, 1.54) is 11.1 Å². The second-order valence-corrected chi connectivity index (χ2v) is 10.4. The van der Waals surface area contributed by atoms with Crippen molar-refractivity contribution in [3.8, 4) is 17.2 Å². The molecule has 2 atom stereocenters. The number of aromatic nitrogens is 2. The Labute approximate surface area is 235 Å². The van der Waals surface area contributed by atoms with Gasteiger partial charge in [0.2, 0.25) is 0 Å². The van der Waals surface area contributed by atoms with Crippen molar-refractivity contribution in [3.05, 3.63) is 82.0 Å². The second kappa shape index (κ2) is 11.3. The van der Waals surface area contributed by atoms with Crippen molar-refractivity contribution in [2.75, 3.05) is 26.3 Å². The van der Waals surface area contributed by atoms with Gasteiger partial charge in [-0.15, -0.1) is 0 Å². The highest BCUT2D eigenvalue weighted by atomic mass is 16.5. The molecule has 3 N–H and O–H groups in total. The Hall–Kier alpha value is -4.87. The summed E-state index contributed by atoms with van der Waals surface area (Å²) in [5.74, 6) is 0.672. The summed E-state index contributed by atoms with van der Waals surface area (Å²) in [6.07, 6.45) is 4.01. The van der Waals surface area contributed by atoms with Crippen LogP contribution in [0, 0.1) is 5.92 Å². The van der Waals surface area contributed by atoms with E-state index in [0.717, 1.165) is 24.6 Å². The van der Waals surface area contributed by atoms with Crippen molar-refractivity contribution in [2.45, 2.75) is 31.5 Å². The molecule has 1 saturated heterocycles. The summed E-state index contributed by atoms with van der Waals surface area (Å²) in [5.41, 5.74) is 0.703. The summed E-state index contributed by atoms with van der Waals surface area (Å²) in [6, 6.07) is 11.5. The molecule has 3 amide bonds. The molecule has 2 fully saturated rings. The molecule has 0 radical (unpaired) electrons. The number of nitrogens with one attached hydrogen (secondary N) is 3. The molecular formula is C29H29N5O7. The zero-order chi connectivity index (χ0) is 28.3. The van der Waals surface area contributed by atoms with Crippen LogP contribution in [0.4, 0.5) is 0 Å². The van der Waals surface area contributed by atoms with E-state index in [9.17, 15) is 19.2 Å². The van der Waals surface area contributed by atoms with Crippen molar-refractivity contribution < 1.29 is 28.6 Å². The van der Waals surface area contributed by atoms with Gasteiger partial charge in [-0.1, -0.05) is 12.1 Å². The molecule has 1 saturated carbocycles. The third-order valence-corrected chi connectivity index (χ3v) is 7.15. The third kappa shape index (κ3) is 6.48. The molecule has 4 aliphatic rings. The first kappa shape index (κ1) is 26.4. The van der Waals surface area contributed by atoms with E-state index in [2.05, 4.69) is 20.6 Å². The van der Waals surface area contributed by atoms with Gasteiger partial charge in [-0.2, -0.15) is 0 Å². The van der Waals surface area contributed by atoms with Crippen molar-refractivity contribution in [3.63, 3.8) is 0 Å². The lowest BCUT2D eigenvalue weighted by Crippen LogP contribution is -2.45. The molecule has 0 unspecified atom stereocenters. The van der Waals surface area contributed by atoms with Gasteiger partial charge < -0.3 is 34.7 Å². The number of H-pyrrole nitrogens is 1. The summed E-state index contributed by atoms with van der Waals surface area (Å²) in [5, 5.41) is 5.82. The largest absolute Gasteiger partial charge is 0.493 e. The maximum atomic E-state index is 13.5. The first-order valence-corrected chi connectivity index (χ1v) is 13.5. The average molecular weight is 560 g/mol. The molecule has 212 valence electrons. The quantitative estimate of drug-likeness (QED) is 0.432. The maximum absolute atomic E-state index is 13.5. The molecular weight excluding hydrogens is 530 g/mol. The van der Waals surface area contributed by atoms with Crippen molar-refractivity contribution in [1.82, 2.24) is 25.5 Å². The lowest BCUT2D eigenvalue weighted by atomic mass is 10.1. The van der Waals surface area contributed by atoms with Gasteiger partial charge >= 0.3 is 0 Å². The van der Waals surface area contributed by atoms with Crippen molar-refractivity contribution in [1.29, 1.82) is 0 Å². The molecule has 1 aromatic heterocycles. The van der Waals surface area contributed by atoms with Crippen LogP contribution in [0.5, 0.6) is 17.2 Å². The number of rotatable bonds is 4. The van der Waals surface area contributed by atoms with Crippen molar-refractivity contribution >= 4 is 17.7 Å². The molecule has 3 aliphatic heterocycles. The van der Waals surface area contributed by atoms with Crippen LogP contribution in [-0.2, 0) is 11.3 Å². The van der Waals surface area contributed by atoms with Gasteiger partial charge in [0.05, 0.1) is 31.6 Å². The molecule has 0 spiro atoms. The van der Waals surface area contributed by atoms with E-state index < -0.39 is 29.5 Å². The Morgan fingerprint density at radius 1 is 1.02 bits per heavy atom. The number of nitrogens with zero attached hydrogens (tertiary/aromatic N) is 2. The SMILES string of the molecule is O=C1COc2cc(OCC3CC3)cc(c2)C(=O)N[C@H]2CN(C(=O)c3cncc(=O)[nH]3)C[C@@H]2Oc2ccc(cc2)CN1. The summed E-state index contributed by atoms with van der Waals surface area (Å²) >= 11 is 0. The zero-order valence-electron chi connectivity index (χ0n) is 22.1. The highest BCUT2D eigenvalue weighted by Gasteiger charge is 2.39. The Morgan fingerprint density at radius 2 is 1.85 bits per heavy atom. The van der Waals surface area contributed by atoms with E-state index in [4.69, 9.17) is 14.2 Å². The third-order valence-electron chi connectivity index (χ3n) is 7.15. The topological polar surface area (TPSA) is 152 Å². The summed E-state index contributed by atoms with van der Waals surface area (Å²) in [4.78, 5) is 58.7. The molecule has 4 bridgehead atoms. The predicted molar refractivity (Wildman–Crippen MR) is 145 cm³/mol. The second-order valence-electron chi connectivity index (χ2n) is 10.4. The van der Waals surface area contributed by atoms with Gasteiger partial charge in [0.15, 0.2) is 6.61 Å². The molecule has 7 rings (SSSR count). The normalized spacial score (nSPS) is 20.6. The maximum Gasteiger partial charge on any atom is 0.272 e. The smallest absolute Gasteiger partial charge is 0.272 e. The Bertz CT molecular complexity index is 1520. The van der Waals surface area contributed by atoms with Crippen LogP contribution in [0.2, 0.25) is 0 Å². The number of hydrogen-bond donors (Lipinski definition) is 3. The summed E-state index contributed by atoms with van der Waals surface area (Å²) in [6.45, 7) is 0.915. The summed E-state index contributed by atoms with van der Waals surface area (Å²) in [7, 11) is 0. The number of likely N-dealkylation sites (tertiary alicyclic amines) is 1. The molecule has 12 nitrogen and oxygen atoms in total. The summed E-state index contributed by atoms with van der Waals surface area (Å²) < 4.78 is 17.9. The number of carbonyl (C=O) groups excluding carboxylic acids is 3. The van der Waals surface area contributed by atoms with E-state index >= 15 is 0 Å². The van der Waals surface area contributed by atoms with Gasteiger partial charge in [-0.05, 0) is 48.6 Å². The van der Waals surface area contributed by atoms with Gasteiger partial charge in [0, 0.05) is 24.7 Å². The minimum Gasteiger partial charge on any atom is -0.493 e. The van der Waals surface area contributed by atoms with Crippen LogP contribution in [0.25, 0.3) is 0 Å². The fraction of sp³-hybridized carbons (Fsp3) is 0.345. The standard InChI is InChI=1S/C29H29N5O7/c35-26-12-30-11-23(32-26)29(38)34-13-24-25(14-34)41-20-5-3-17(4-6-20)10-31-27(36)16-40-22-8-19(28(37)33-24)7-21(9-22)39-15-18-1-2-18/h3-9,11-12,18,24-25H,1-2,10,13-16H2,(H,31,36)(H,32,35)(H,33,37)/t24-,25-/m0/s1. The molecule has 12 heteroatoms. The fourth-order valence-corrected chi connectivity index (χ4v) is 4.73. The van der Waals surface area contributed by atoms with Gasteiger partial charge in [-0.3, -0.25) is 24.2 Å². The highest BCUT2D eigenvalue weighted by molar-refractivity contribution is 5.96. The predicted octanol–water partition coefficient (Wildman–Crippen LogP) is 1.27.